The molecule has 2 aromatic rings. The Morgan fingerprint density at radius 1 is 1.27 bits per heavy atom. The van der Waals surface area contributed by atoms with Crippen LogP contribution in [-0.4, -0.2) is 18.8 Å². The van der Waals surface area contributed by atoms with Crippen molar-refractivity contribution in [3.05, 3.63) is 57.6 Å². The summed E-state index contributed by atoms with van der Waals surface area (Å²) in [6.07, 6.45) is 1.81. The lowest BCUT2D eigenvalue weighted by Gasteiger charge is -2.21. The first kappa shape index (κ1) is 15.6. The summed E-state index contributed by atoms with van der Waals surface area (Å²) in [5.41, 5.74) is 4.08. The minimum atomic E-state index is -0.251. The van der Waals surface area contributed by atoms with Gasteiger partial charge < -0.3 is 10.1 Å². The molecular formula is C17H16BrNO2S. The predicted octanol–water partition coefficient (Wildman–Crippen LogP) is 4.54. The number of benzene rings is 2. The van der Waals surface area contributed by atoms with E-state index in [9.17, 15) is 4.79 Å². The summed E-state index contributed by atoms with van der Waals surface area (Å²) in [4.78, 5) is 13.1. The van der Waals surface area contributed by atoms with Crippen LogP contribution in [0.3, 0.4) is 0 Å². The third-order valence-electron chi connectivity index (χ3n) is 3.78. The minimum Gasteiger partial charge on any atom is -0.359 e. The molecule has 1 aliphatic heterocycles. The van der Waals surface area contributed by atoms with Crippen molar-refractivity contribution < 1.29 is 9.53 Å². The van der Waals surface area contributed by atoms with E-state index in [0.717, 1.165) is 21.3 Å². The number of anilines is 1. The van der Waals surface area contributed by atoms with Crippen molar-refractivity contribution in [1.82, 2.24) is 0 Å². The van der Waals surface area contributed by atoms with Crippen molar-refractivity contribution in [2.45, 2.75) is 17.9 Å². The fourth-order valence-corrected chi connectivity index (χ4v) is 3.71. The second-order valence-electron chi connectivity index (χ2n) is 5.15. The van der Waals surface area contributed by atoms with Crippen LogP contribution in [0.15, 0.2) is 45.8 Å². The second kappa shape index (κ2) is 6.44. The molecule has 0 spiro atoms. The van der Waals surface area contributed by atoms with Crippen LogP contribution in [-0.2, 0) is 9.53 Å². The molecule has 0 radical (unpaired) electrons. The Morgan fingerprint density at radius 3 is 2.86 bits per heavy atom. The zero-order chi connectivity index (χ0) is 15.7. The summed E-state index contributed by atoms with van der Waals surface area (Å²) in [6, 6.07) is 12.1. The van der Waals surface area contributed by atoms with E-state index in [1.807, 2.05) is 24.3 Å². The summed E-state index contributed by atoms with van der Waals surface area (Å²) in [7, 11) is 0. The SMILES string of the molecule is CSc1cccc([C@H]2OCC(=O)Nc3ccc(Br)cc32)c1C. The lowest BCUT2D eigenvalue weighted by atomic mass is 9.96. The largest absolute Gasteiger partial charge is 0.359 e. The molecule has 2 aromatic carbocycles. The molecule has 22 heavy (non-hydrogen) atoms. The average molecular weight is 378 g/mol. The quantitative estimate of drug-likeness (QED) is 0.780. The molecule has 3 rings (SSSR count). The van der Waals surface area contributed by atoms with Gasteiger partial charge in [-0.1, -0.05) is 28.1 Å². The van der Waals surface area contributed by atoms with Crippen LogP contribution in [0.4, 0.5) is 5.69 Å². The molecule has 0 saturated heterocycles. The molecule has 114 valence electrons. The molecule has 1 atom stereocenters. The molecule has 0 aromatic heterocycles. The molecule has 3 nitrogen and oxygen atoms in total. The Morgan fingerprint density at radius 2 is 2.09 bits per heavy atom. The predicted molar refractivity (Wildman–Crippen MR) is 93.5 cm³/mol. The van der Waals surface area contributed by atoms with Gasteiger partial charge in [-0.15, -0.1) is 11.8 Å². The van der Waals surface area contributed by atoms with Gasteiger partial charge in [0, 0.05) is 20.6 Å². The summed E-state index contributed by atoms with van der Waals surface area (Å²) in [5, 5.41) is 2.91. The van der Waals surface area contributed by atoms with Crippen molar-refractivity contribution in [3.63, 3.8) is 0 Å². The minimum absolute atomic E-state index is 0.0555. The van der Waals surface area contributed by atoms with E-state index in [1.165, 1.54) is 10.5 Å². The van der Waals surface area contributed by atoms with Crippen LogP contribution in [0, 0.1) is 6.92 Å². The number of hydrogen-bond donors (Lipinski definition) is 1. The highest BCUT2D eigenvalue weighted by Crippen LogP contribution is 2.38. The number of thioether (sulfide) groups is 1. The van der Waals surface area contributed by atoms with E-state index in [0.29, 0.717) is 0 Å². The van der Waals surface area contributed by atoms with Crippen LogP contribution in [0.25, 0.3) is 0 Å². The van der Waals surface area contributed by atoms with Gasteiger partial charge in [0.15, 0.2) is 0 Å². The highest BCUT2D eigenvalue weighted by molar-refractivity contribution is 9.10. The Balaban J connectivity index is 2.15. The topological polar surface area (TPSA) is 38.3 Å². The lowest BCUT2D eigenvalue weighted by Crippen LogP contribution is -2.15. The van der Waals surface area contributed by atoms with Crippen molar-refractivity contribution in [3.8, 4) is 0 Å². The first-order valence-electron chi connectivity index (χ1n) is 6.94. The van der Waals surface area contributed by atoms with Crippen molar-refractivity contribution in [2.24, 2.45) is 0 Å². The van der Waals surface area contributed by atoms with Gasteiger partial charge in [-0.2, -0.15) is 0 Å². The zero-order valence-electron chi connectivity index (χ0n) is 12.4. The molecule has 1 heterocycles. The second-order valence-corrected chi connectivity index (χ2v) is 6.91. The van der Waals surface area contributed by atoms with Crippen LogP contribution < -0.4 is 5.32 Å². The third-order valence-corrected chi connectivity index (χ3v) is 5.15. The van der Waals surface area contributed by atoms with E-state index in [1.54, 1.807) is 11.8 Å². The van der Waals surface area contributed by atoms with E-state index >= 15 is 0 Å². The van der Waals surface area contributed by atoms with Gasteiger partial charge in [-0.05, 0) is 48.6 Å². The fourth-order valence-electron chi connectivity index (χ4n) is 2.69. The van der Waals surface area contributed by atoms with Gasteiger partial charge >= 0.3 is 0 Å². The smallest absolute Gasteiger partial charge is 0.250 e. The molecule has 1 amide bonds. The molecule has 1 N–H and O–H groups in total. The molecule has 0 aliphatic carbocycles. The van der Waals surface area contributed by atoms with Crippen molar-refractivity contribution in [2.75, 3.05) is 18.2 Å². The summed E-state index contributed by atoms with van der Waals surface area (Å²) < 4.78 is 6.89. The van der Waals surface area contributed by atoms with E-state index in [-0.39, 0.29) is 18.6 Å². The van der Waals surface area contributed by atoms with Gasteiger partial charge in [-0.25, -0.2) is 0 Å². The maximum atomic E-state index is 11.9. The molecular weight excluding hydrogens is 362 g/mol. The lowest BCUT2D eigenvalue weighted by molar-refractivity contribution is -0.121. The van der Waals surface area contributed by atoms with E-state index in [4.69, 9.17) is 4.74 Å². The molecule has 1 aliphatic rings. The van der Waals surface area contributed by atoms with Gasteiger partial charge in [-0.3, -0.25) is 4.79 Å². The molecule has 0 bridgehead atoms. The number of carbonyl (C=O) groups excluding carboxylic acids is 1. The highest BCUT2D eigenvalue weighted by Gasteiger charge is 2.26. The highest BCUT2D eigenvalue weighted by atomic mass is 79.9. The maximum Gasteiger partial charge on any atom is 0.250 e. The zero-order valence-corrected chi connectivity index (χ0v) is 14.8. The number of halogens is 1. The first-order valence-corrected chi connectivity index (χ1v) is 8.96. The maximum absolute atomic E-state index is 11.9. The van der Waals surface area contributed by atoms with Gasteiger partial charge in [0.2, 0.25) is 5.91 Å². The standard InChI is InChI=1S/C17H16BrNO2S/c1-10-12(4-3-5-15(10)22-2)17-13-8-11(18)6-7-14(13)19-16(20)9-21-17/h3-8,17H,9H2,1-2H3,(H,19,20)/t17-/m1/s1. The number of nitrogens with one attached hydrogen (secondary N) is 1. The third kappa shape index (κ3) is 2.93. The normalized spacial score (nSPS) is 17.6. The summed E-state index contributed by atoms with van der Waals surface area (Å²) in [6.45, 7) is 2.15. The first-order chi connectivity index (χ1) is 10.6. The van der Waals surface area contributed by atoms with Gasteiger partial charge in [0.1, 0.15) is 12.7 Å². The Labute approximate surface area is 142 Å². The van der Waals surface area contributed by atoms with Crippen LogP contribution in [0.2, 0.25) is 0 Å². The summed E-state index contributed by atoms with van der Waals surface area (Å²) >= 11 is 5.22. The van der Waals surface area contributed by atoms with Crippen molar-refractivity contribution >= 4 is 39.3 Å². The monoisotopic (exact) mass is 377 g/mol. The molecule has 0 saturated carbocycles. The van der Waals surface area contributed by atoms with Crippen molar-refractivity contribution in [1.29, 1.82) is 0 Å². The van der Waals surface area contributed by atoms with E-state index < -0.39 is 0 Å². The van der Waals surface area contributed by atoms with Crippen LogP contribution in [0.1, 0.15) is 22.8 Å². The van der Waals surface area contributed by atoms with Gasteiger partial charge in [0.25, 0.3) is 0 Å². The molecule has 5 heteroatoms. The Kier molecular flexibility index (Phi) is 4.57. The number of carbonyl (C=O) groups is 1. The van der Waals surface area contributed by atoms with E-state index in [2.05, 4.69) is 46.6 Å². The number of rotatable bonds is 2. The fraction of sp³-hybridized carbons (Fsp3) is 0.235. The molecule has 0 unspecified atom stereocenters. The molecule has 0 fully saturated rings. The summed E-state index contributed by atoms with van der Waals surface area (Å²) in [5.74, 6) is -0.121. The Bertz CT molecular complexity index is 733. The van der Waals surface area contributed by atoms with Crippen LogP contribution in [0.5, 0.6) is 0 Å². The number of amides is 1. The average Bonchev–Trinajstić information content (AvgIpc) is 2.66. The van der Waals surface area contributed by atoms with Crippen LogP contribution >= 0.6 is 27.7 Å². The number of ether oxygens (including phenoxy) is 1. The number of hydrogen-bond acceptors (Lipinski definition) is 3. The number of fused-ring (bicyclic) bond motifs is 1. The van der Waals surface area contributed by atoms with Gasteiger partial charge in [0.05, 0.1) is 0 Å². The Hall–Kier alpha value is -1.30.